The molecule has 1 aromatic rings. The molecule has 110 valence electrons. The second-order valence-electron chi connectivity index (χ2n) is 5.20. The number of ether oxygens (including phenoxy) is 2. The molecule has 1 amide bonds. The van der Waals surface area contributed by atoms with Crippen molar-refractivity contribution in [2.75, 3.05) is 33.4 Å². The number of amides is 1. The van der Waals surface area contributed by atoms with Crippen molar-refractivity contribution in [3.63, 3.8) is 0 Å². The fraction of sp³-hybridized carbons (Fsp3) is 0.533. The van der Waals surface area contributed by atoms with E-state index in [1.807, 2.05) is 24.3 Å². The molecule has 2 rings (SSSR count). The fourth-order valence-electron chi connectivity index (χ4n) is 2.56. The van der Waals surface area contributed by atoms with Gasteiger partial charge in [0.15, 0.2) is 0 Å². The number of nitrogens with two attached hydrogens (primary N) is 1. The van der Waals surface area contributed by atoms with Crippen LogP contribution in [0.4, 0.5) is 0 Å². The highest BCUT2D eigenvalue weighted by Crippen LogP contribution is 2.21. The third kappa shape index (κ3) is 4.42. The quantitative estimate of drug-likeness (QED) is 0.851. The Morgan fingerprint density at radius 1 is 1.45 bits per heavy atom. The molecular formula is C15H22N2O3. The Bertz CT molecular complexity index is 450. The number of rotatable bonds is 6. The van der Waals surface area contributed by atoms with Crippen molar-refractivity contribution in [2.24, 2.45) is 11.7 Å². The molecular weight excluding hydrogens is 256 g/mol. The molecule has 1 saturated heterocycles. The minimum absolute atomic E-state index is 0.264. The summed E-state index contributed by atoms with van der Waals surface area (Å²) in [5, 5.41) is 0. The summed E-state index contributed by atoms with van der Waals surface area (Å²) in [7, 11) is 1.64. The first-order valence-corrected chi connectivity index (χ1v) is 6.95. The predicted molar refractivity (Wildman–Crippen MR) is 76.8 cm³/mol. The van der Waals surface area contributed by atoms with Gasteiger partial charge >= 0.3 is 0 Å². The summed E-state index contributed by atoms with van der Waals surface area (Å²) in [4.78, 5) is 13.1. The van der Waals surface area contributed by atoms with Gasteiger partial charge in [-0.2, -0.15) is 0 Å². The molecule has 0 aromatic heterocycles. The molecule has 1 fully saturated rings. The number of nitrogens with zero attached hydrogens (tertiary/aromatic N) is 1. The van der Waals surface area contributed by atoms with Crippen molar-refractivity contribution >= 4 is 5.91 Å². The third-order valence-corrected chi connectivity index (χ3v) is 3.51. The zero-order chi connectivity index (χ0) is 14.4. The summed E-state index contributed by atoms with van der Waals surface area (Å²) < 4.78 is 11.0. The summed E-state index contributed by atoms with van der Waals surface area (Å²) >= 11 is 0. The molecule has 1 aliphatic heterocycles. The molecule has 1 atom stereocenters. The Balaban J connectivity index is 1.82. The molecule has 0 spiro atoms. The van der Waals surface area contributed by atoms with Gasteiger partial charge in [0.2, 0.25) is 5.91 Å². The summed E-state index contributed by atoms with van der Waals surface area (Å²) in [5.41, 5.74) is 5.24. The van der Waals surface area contributed by atoms with Crippen molar-refractivity contribution in [1.29, 1.82) is 0 Å². The molecule has 1 aliphatic rings. The van der Waals surface area contributed by atoms with Crippen molar-refractivity contribution in [3.05, 3.63) is 24.3 Å². The van der Waals surface area contributed by atoms with E-state index in [-0.39, 0.29) is 5.91 Å². The number of primary amides is 1. The zero-order valence-corrected chi connectivity index (χ0v) is 11.9. The Labute approximate surface area is 119 Å². The lowest BCUT2D eigenvalue weighted by Gasteiger charge is -2.31. The lowest BCUT2D eigenvalue weighted by Crippen LogP contribution is -2.42. The maximum atomic E-state index is 11.0. The van der Waals surface area contributed by atoms with Crippen LogP contribution in [0.3, 0.4) is 0 Å². The van der Waals surface area contributed by atoms with E-state index in [1.54, 1.807) is 7.11 Å². The van der Waals surface area contributed by atoms with Gasteiger partial charge in [-0.3, -0.25) is 9.69 Å². The van der Waals surface area contributed by atoms with Crippen LogP contribution in [-0.2, 0) is 4.79 Å². The van der Waals surface area contributed by atoms with Gasteiger partial charge in [0.1, 0.15) is 11.5 Å². The first-order valence-electron chi connectivity index (χ1n) is 6.95. The van der Waals surface area contributed by atoms with E-state index >= 15 is 0 Å². The molecule has 1 aromatic carbocycles. The van der Waals surface area contributed by atoms with Gasteiger partial charge in [-0.25, -0.2) is 0 Å². The molecule has 5 nitrogen and oxygen atoms in total. The van der Waals surface area contributed by atoms with Gasteiger partial charge in [-0.1, -0.05) is 6.07 Å². The van der Waals surface area contributed by atoms with E-state index in [1.165, 1.54) is 0 Å². The lowest BCUT2D eigenvalue weighted by atomic mass is 9.99. The number of methoxy groups -OCH3 is 1. The van der Waals surface area contributed by atoms with Crippen molar-refractivity contribution in [1.82, 2.24) is 4.90 Å². The zero-order valence-electron chi connectivity index (χ0n) is 11.9. The number of hydrogen-bond acceptors (Lipinski definition) is 4. The Kier molecular flexibility index (Phi) is 5.24. The normalized spacial score (nSPS) is 19.6. The highest BCUT2D eigenvalue weighted by atomic mass is 16.5. The van der Waals surface area contributed by atoms with Gasteiger partial charge in [0, 0.05) is 18.5 Å². The monoisotopic (exact) mass is 278 g/mol. The van der Waals surface area contributed by atoms with Gasteiger partial charge < -0.3 is 15.2 Å². The largest absolute Gasteiger partial charge is 0.497 e. The fourth-order valence-corrected chi connectivity index (χ4v) is 2.56. The third-order valence-electron chi connectivity index (χ3n) is 3.51. The van der Waals surface area contributed by atoms with E-state index < -0.39 is 0 Å². The number of carbonyl (C=O) groups is 1. The summed E-state index contributed by atoms with van der Waals surface area (Å²) in [6, 6.07) is 7.60. The minimum Gasteiger partial charge on any atom is -0.497 e. The highest BCUT2D eigenvalue weighted by molar-refractivity contribution is 5.75. The SMILES string of the molecule is COc1cccc(OC[C@H]2CCCN(CC(N)=O)C2)c1. The molecule has 0 unspecified atom stereocenters. The molecule has 0 radical (unpaired) electrons. The van der Waals surface area contributed by atoms with Crippen molar-refractivity contribution in [2.45, 2.75) is 12.8 Å². The molecule has 2 N–H and O–H groups in total. The van der Waals surface area contributed by atoms with Crippen molar-refractivity contribution in [3.8, 4) is 11.5 Å². The topological polar surface area (TPSA) is 64.8 Å². The van der Waals surface area contributed by atoms with Crippen LogP contribution in [-0.4, -0.2) is 44.2 Å². The maximum absolute atomic E-state index is 11.0. The number of carbonyl (C=O) groups excluding carboxylic acids is 1. The van der Waals surface area contributed by atoms with Gasteiger partial charge in [0.05, 0.1) is 20.3 Å². The molecule has 0 aliphatic carbocycles. The highest BCUT2D eigenvalue weighted by Gasteiger charge is 2.21. The van der Waals surface area contributed by atoms with Gasteiger partial charge in [-0.05, 0) is 31.5 Å². The smallest absolute Gasteiger partial charge is 0.231 e. The van der Waals surface area contributed by atoms with Crippen LogP contribution in [0.25, 0.3) is 0 Å². The van der Waals surface area contributed by atoms with Gasteiger partial charge in [-0.15, -0.1) is 0 Å². The number of benzene rings is 1. The summed E-state index contributed by atoms with van der Waals surface area (Å²) in [6.07, 6.45) is 2.21. The molecule has 20 heavy (non-hydrogen) atoms. The predicted octanol–water partition coefficient (Wildman–Crippen LogP) is 1.27. The van der Waals surface area contributed by atoms with Crippen LogP contribution in [0.5, 0.6) is 11.5 Å². The van der Waals surface area contributed by atoms with E-state index in [4.69, 9.17) is 15.2 Å². The van der Waals surface area contributed by atoms with Gasteiger partial charge in [0.25, 0.3) is 0 Å². The lowest BCUT2D eigenvalue weighted by molar-refractivity contribution is -0.119. The minimum atomic E-state index is -0.264. The summed E-state index contributed by atoms with van der Waals surface area (Å²) in [5.74, 6) is 1.78. The standard InChI is InChI=1S/C15H22N2O3/c1-19-13-5-2-6-14(8-13)20-11-12-4-3-7-17(9-12)10-15(16)18/h2,5-6,8,12H,3-4,7,9-11H2,1H3,(H2,16,18)/t12-/m0/s1. The first-order chi connectivity index (χ1) is 9.67. The second kappa shape index (κ2) is 7.14. The maximum Gasteiger partial charge on any atom is 0.231 e. The van der Waals surface area contributed by atoms with E-state index in [2.05, 4.69) is 4.90 Å². The van der Waals surface area contributed by atoms with Crippen LogP contribution in [0.15, 0.2) is 24.3 Å². The van der Waals surface area contributed by atoms with Crippen LogP contribution in [0.2, 0.25) is 0 Å². The number of hydrogen-bond donors (Lipinski definition) is 1. The molecule has 0 bridgehead atoms. The van der Waals surface area contributed by atoms with Crippen LogP contribution >= 0.6 is 0 Å². The van der Waals surface area contributed by atoms with Crippen molar-refractivity contribution < 1.29 is 14.3 Å². The summed E-state index contributed by atoms with van der Waals surface area (Å²) in [6.45, 7) is 2.81. The van der Waals surface area contributed by atoms with E-state index in [0.717, 1.165) is 37.4 Å². The second-order valence-corrected chi connectivity index (χ2v) is 5.20. The number of piperidine rings is 1. The van der Waals surface area contributed by atoms with Crippen LogP contribution < -0.4 is 15.2 Å². The molecule has 5 heteroatoms. The van der Waals surface area contributed by atoms with Crippen LogP contribution in [0, 0.1) is 5.92 Å². The Hall–Kier alpha value is -1.75. The van der Waals surface area contributed by atoms with E-state index in [9.17, 15) is 4.79 Å². The molecule has 0 saturated carbocycles. The first kappa shape index (κ1) is 14.7. The molecule has 1 heterocycles. The Morgan fingerprint density at radius 2 is 2.25 bits per heavy atom. The Morgan fingerprint density at radius 3 is 3.00 bits per heavy atom. The number of likely N-dealkylation sites (tertiary alicyclic amines) is 1. The average Bonchev–Trinajstić information content (AvgIpc) is 2.45. The average molecular weight is 278 g/mol. The van der Waals surface area contributed by atoms with Crippen LogP contribution in [0.1, 0.15) is 12.8 Å². The van der Waals surface area contributed by atoms with E-state index in [0.29, 0.717) is 19.1 Å².